The van der Waals surface area contributed by atoms with Gasteiger partial charge in [0.25, 0.3) is 0 Å². The Bertz CT molecular complexity index is 744. The van der Waals surface area contributed by atoms with E-state index in [1.807, 2.05) is 42.7 Å². The molecule has 2 rings (SSSR count). The predicted octanol–water partition coefficient (Wildman–Crippen LogP) is 2.21. The van der Waals surface area contributed by atoms with Crippen molar-refractivity contribution < 1.29 is 9.59 Å². The van der Waals surface area contributed by atoms with Gasteiger partial charge in [-0.25, -0.2) is 4.79 Å². The smallest absolute Gasteiger partial charge is 0.321 e. The van der Waals surface area contributed by atoms with Crippen LogP contribution < -0.4 is 10.6 Å². The summed E-state index contributed by atoms with van der Waals surface area (Å²) in [7, 11) is 0. The SMILES string of the molecule is CCNC(=O)NC(=O)[C@H](C)Sc1nnc(C)n1-c1cccc(C)c1. The molecule has 0 saturated heterocycles. The van der Waals surface area contributed by atoms with E-state index in [9.17, 15) is 9.59 Å². The molecule has 8 heteroatoms. The van der Waals surface area contributed by atoms with Gasteiger partial charge in [0.2, 0.25) is 5.91 Å². The third-order valence-electron chi connectivity index (χ3n) is 3.28. The number of benzene rings is 1. The van der Waals surface area contributed by atoms with E-state index >= 15 is 0 Å². The van der Waals surface area contributed by atoms with Crippen LogP contribution in [0.1, 0.15) is 25.2 Å². The average Bonchev–Trinajstić information content (AvgIpc) is 2.88. The van der Waals surface area contributed by atoms with Crippen LogP contribution in [0, 0.1) is 13.8 Å². The van der Waals surface area contributed by atoms with Crippen molar-refractivity contribution in [2.45, 2.75) is 38.1 Å². The molecule has 2 N–H and O–H groups in total. The number of nitrogens with zero attached hydrogens (tertiary/aromatic N) is 3. The number of carbonyl (C=O) groups excluding carboxylic acids is 2. The lowest BCUT2D eigenvalue weighted by atomic mass is 10.2. The maximum atomic E-state index is 12.1. The summed E-state index contributed by atoms with van der Waals surface area (Å²) in [5.41, 5.74) is 2.06. The minimum absolute atomic E-state index is 0.373. The highest BCUT2D eigenvalue weighted by molar-refractivity contribution is 8.00. The monoisotopic (exact) mass is 347 g/mol. The van der Waals surface area contributed by atoms with E-state index in [-0.39, 0.29) is 5.91 Å². The summed E-state index contributed by atoms with van der Waals surface area (Å²) in [6.45, 7) is 7.85. The molecule has 1 heterocycles. The number of imide groups is 1. The summed E-state index contributed by atoms with van der Waals surface area (Å²) in [6, 6.07) is 7.47. The van der Waals surface area contributed by atoms with Gasteiger partial charge in [0.15, 0.2) is 5.16 Å². The van der Waals surface area contributed by atoms with Gasteiger partial charge >= 0.3 is 6.03 Å². The van der Waals surface area contributed by atoms with Crippen LogP contribution in [0.2, 0.25) is 0 Å². The fourth-order valence-corrected chi connectivity index (χ4v) is 3.03. The number of amides is 3. The molecule has 24 heavy (non-hydrogen) atoms. The van der Waals surface area contributed by atoms with Crippen LogP contribution in [0.4, 0.5) is 4.79 Å². The van der Waals surface area contributed by atoms with E-state index in [4.69, 9.17) is 0 Å². The molecule has 0 spiro atoms. The van der Waals surface area contributed by atoms with Crippen LogP contribution in [-0.4, -0.2) is 38.5 Å². The Labute approximate surface area is 145 Å². The molecule has 0 aliphatic heterocycles. The van der Waals surface area contributed by atoms with Crippen molar-refractivity contribution in [2.24, 2.45) is 0 Å². The zero-order chi connectivity index (χ0) is 17.7. The first-order valence-corrected chi connectivity index (χ1v) is 8.54. The summed E-state index contributed by atoms with van der Waals surface area (Å²) >= 11 is 1.26. The Morgan fingerprint density at radius 2 is 2.04 bits per heavy atom. The lowest BCUT2D eigenvalue weighted by Gasteiger charge is -2.13. The van der Waals surface area contributed by atoms with Gasteiger partial charge in [-0.05, 0) is 45.4 Å². The number of rotatable bonds is 5. The van der Waals surface area contributed by atoms with E-state index < -0.39 is 11.3 Å². The quantitative estimate of drug-likeness (QED) is 0.810. The van der Waals surface area contributed by atoms with Crippen LogP contribution in [-0.2, 0) is 4.79 Å². The number of nitrogens with one attached hydrogen (secondary N) is 2. The molecule has 0 fully saturated rings. The van der Waals surface area contributed by atoms with E-state index in [0.29, 0.717) is 11.7 Å². The van der Waals surface area contributed by atoms with Crippen molar-refractivity contribution in [2.75, 3.05) is 6.54 Å². The van der Waals surface area contributed by atoms with Gasteiger partial charge in [-0.15, -0.1) is 10.2 Å². The number of hydrogen-bond acceptors (Lipinski definition) is 5. The number of aromatic nitrogens is 3. The molecular weight excluding hydrogens is 326 g/mol. The normalized spacial score (nSPS) is 11.8. The number of hydrogen-bond donors (Lipinski definition) is 2. The summed E-state index contributed by atoms with van der Waals surface area (Å²) < 4.78 is 1.90. The molecule has 0 radical (unpaired) electrons. The summed E-state index contributed by atoms with van der Waals surface area (Å²) in [6.07, 6.45) is 0. The molecule has 1 atom stereocenters. The third kappa shape index (κ3) is 4.35. The standard InChI is InChI=1S/C16H21N5O2S/c1-5-17-15(23)18-14(22)11(3)24-16-20-19-12(4)21(16)13-8-6-7-10(2)9-13/h6-9,11H,5H2,1-4H3,(H2,17,18,22,23)/t11-/m0/s1. The summed E-state index contributed by atoms with van der Waals surface area (Å²) in [5.74, 6) is 0.363. The predicted molar refractivity (Wildman–Crippen MR) is 93.4 cm³/mol. The Hall–Kier alpha value is -2.35. The molecule has 1 aromatic heterocycles. The Kier molecular flexibility index (Phi) is 5.97. The maximum absolute atomic E-state index is 12.1. The van der Waals surface area contributed by atoms with Gasteiger partial charge in [0.05, 0.1) is 5.25 Å². The number of aryl methyl sites for hydroxylation is 2. The zero-order valence-corrected chi connectivity index (χ0v) is 15.0. The lowest BCUT2D eigenvalue weighted by Crippen LogP contribution is -2.42. The number of thioether (sulfide) groups is 1. The third-order valence-corrected chi connectivity index (χ3v) is 4.32. The van der Waals surface area contributed by atoms with E-state index in [2.05, 4.69) is 20.8 Å². The summed E-state index contributed by atoms with van der Waals surface area (Å²) in [4.78, 5) is 23.5. The van der Waals surface area contributed by atoms with Gasteiger partial charge in [-0.2, -0.15) is 0 Å². The molecule has 0 aliphatic rings. The largest absolute Gasteiger partial charge is 0.338 e. The molecular formula is C16H21N5O2S. The zero-order valence-electron chi connectivity index (χ0n) is 14.2. The topological polar surface area (TPSA) is 88.9 Å². The van der Waals surface area contributed by atoms with Crippen LogP contribution in [0.15, 0.2) is 29.4 Å². The van der Waals surface area contributed by atoms with Gasteiger partial charge in [-0.3, -0.25) is 14.7 Å². The van der Waals surface area contributed by atoms with E-state index in [1.165, 1.54) is 11.8 Å². The van der Waals surface area contributed by atoms with Crippen LogP contribution in [0.3, 0.4) is 0 Å². The van der Waals surface area contributed by atoms with Crippen molar-refractivity contribution in [3.63, 3.8) is 0 Å². The van der Waals surface area contributed by atoms with Gasteiger partial charge in [0, 0.05) is 12.2 Å². The van der Waals surface area contributed by atoms with Crippen LogP contribution in [0.25, 0.3) is 5.69 Å². The molecule has 0 aliphatic carbocycles. The molecule has 0 bridgehead atoms. The van der Waals surface area contributed by atoms with Crippen molar-refractivity contribution >= 4 is 23.7 Å². The van der Waals surface area contributed by atoms with Gasteiger partial charge < -0.3 is 5.32 Å². The highest BCUT2D eigenvalue weighted by atomic mass is 32.2. The van der Waals surface area contributed by atoms with Crippen LogP contribution >= 0.6 is 11.8 Å². The van der Waals surface area contributed by atoms with Gasteiger partial charge in [-0.1, -0.05) is 23.9 Å². The first kappa shape index (κ1) is 18.0. The number of urea groups is 1. The molecule has 128 valence electrons. The second-order valence-corrected chi connectivity index (χ2v) is 6.62. The van der Waals surface area contributed by atoms with Crippen LogP contribution in [0.5, 0.6) is 0 Å². The Balaban J connectivity index is 2.16. The minimum Gasteiger partial charge on any atom is -0.338 e. The summed E-state index contributed by atoms with van der Waals surface area (Å²) in [5, 5.41) is 13.2. The van der Waals surface area contributed by atoms with E-state index in [1.54, 1.807) is 13.8 Å². The number of carbonyl (C=O) groups is 2. The molecule has 0 unspecified atom stereocenters. The minimum atomic E-state index is -0.494. The second-order valence-electron chi connectivity index (χ2n) is 5.31. The molecule has 7 nitrogen and oxygen atoms in total. The highest BCUT2D eigenvalue weighted by Gasteiger charge is 2.21. The van der Waals surface area contributed by atoms with Crippen molar-refractivity contribution in [3.05, 3.63) is 35.7 Å². The van der Waals surface area contributed by atoms with E-state index in [0.717, 1.165) is 17.1 Å². The molecule has 3 amide bonds. The fourth-order valence-electron chi connectivity index (χ4n) is 2.11. The van der Waals surface area contributed by atoms with Gasteiger partial charge in [0.1, 0.15) is 5.82 Å². The molecule has 1 aromatic carbocycles. The van der Waals surface area contributed by atoms with Crippen molar-refractivity contribution in [1.82, 2.24) is 25.4 Å². The molecule has 0 saturated carbocycles. The van der Waals surface area contributed by atoms with Crippen molar-refractivity contribution in [3.8, 4) is 5.69 Å². The first-order valence-electron chi connectivity index (χ1n) is 7.66. The maximum Gasteiger partial charge on any atom is 0.321 e. The average molecular weight is 347 g/mol. The lowest BCUT2D eigenvalue weighted by molar-refractivity contribution is -0.119. The Morgan fingerprint density at radius 3 is 2.71 bits per heavy atom. The first-order chi connectivity index (χ1) is 11.4. The highest BCUT2D eigenvalue weighted by Crippen LogP contribution is 2.25. The van der Waals surface area contributed by atoms with Crippen molar-refractivity contribution in [1.29, 1.82) is 0 Å². The molecule has 2 aromatic rings. The Morgan fingerprint density at radius 1 is 1.29 bits per heavy atom. The fraction of sp³-hybridized carbons (Fsp3) is 0.375. The second kappa shape index (κ2) is 7.96.